The van der Waals surface area contributed by atoms with E-state index < -0.39 is 0 Å². The Balaban J connectivity index is 1.38. The Kier molecular flexibility index (Phi) is 7.22. The molecule has 1 heteroatoms. The van der Waals surface area contributed by atoms with E-state index >= 15 is 0 Å². The van der Waals surface area contributed by atoms with Crippen LogP contribution in [0.1, 0.15) is 73.6 Å². The zero-order chi connectivity index (χ0) is 21.6. The van der Waals surface area contributed by atoms with E-state index in [0.717, 1.165) is 24.3 Å². The molecule has 1 fully saturated rings. The molecule has 1 aliphatic rings. The molecule has 3 aromatic carbocycles. The molecule has 0 saturated heterocycles. The Morgan fingerprint density at radius 1 is 0.774 bits per heavy atom. The van der Waals surface area contributed by atoms with Gasteiger partial charge in [0.2, 0.25) is 0 Å². The van der Waals surface area contributed by atoms with E-state index in [0.29, 0.717) is 11.5 Å². The third-order valence-electron chi connectivity index (χ3n) is 7.10. The van der Waals surface area contributed by atoms with E-state index in [2.05, 4.69) is 68.4 Å². The number of hydrogen-bond donors (Lipinski definition) is 0. The summed E-state index contributed by atoms with van der Waals surface area (Å²) in [6.07, 6.45) is 9.68. The second-order valence-corrected chi connectivity index (χ2v) is 9.43. The zero-order valence-electron chi connectivity index (χ0n) is 19.0. The number of aryl methyl sites for hydroxylation is 3. The van der Waals surface area contributed by atoms with Crippen molar-refractivity contribution in [3.05, 3.63) is 94.8 Å². The van der Waals surface area contributed by atoms with Crippen molar-refractivity contribution in [2.75, 3.05) is 0 Å². The van der Waals surface area contributed by atoms with E-state index in [1.165, 1.54) is 60.8 Å². The third-order valence-corrected chi connectivity index (χ3v) is 7.10. The fraction of sp³-hybridized carbons (Fsp3) is 0.400. The Morgan fingerprint density at radius 2 is 1.39 bits per heavy atom. The fourth-order valence-corrected chi connectivity index (χ4v) is 5.11. The van der Waals surface area contributed by atoms with Crippen LogP contribution in [0.4, 0.5) is 4.39 Å². The Morgan fingerprint density at radius 3 is 1.97 bits per heavy atom. The molecule has 0 nitrogen and oxygen atoms in total. The molecular formula is C30H35F. The molecule has 1 aliphatic carbocycles. The molecule has 0 amide bonds. The van der Waals surface area contributed by atoms with Crippen LogP contribution in [0.2, 0.25) is 0 Å². The van der Waals surface area contributed by atoms with Crippen molar-refractivity contribution in [3.63, 3.8) is 0 Å². The quantitative estimate of drug-likeness (QED) is 0.363. The maximum absolute atomic E-state index is 15.0. The summed E-state index contributed by atoms with van der Waals surface area (Å²) in [6.45, 7) is 4.39. The van der Waals surface area contributed by atoms with Crippen LogP contribution in [0.5, 0.6) is 0 Å². The highest BCUT2D eigenvalue weighted by molar-refractivity contribution is 5.65. The van der Waals surface area contributed by atoms with Gasteiger partial charge in [0.05, 0.1) is 0 Å². The summed E-state index contributed by atoms with van der Waals surface area (Å²) in [6, 6.07) is 23.1. The molecule has 1 saturated carbocycles. The van der Waals surface area contributed by atoms with Crippen molar-refractivity contribution >= 4 is 0 Å². The molecule has 3 aromatic rings. The van der Waals surface area contributed by atoms with Gasteiger partial charge in [-0.2, -0.15) is 0 Å². The van der Waals surface area contributed by atoms with Gasteiger partial charge in [0.25, 0.3) is 0 Å². The number of benzene rings is 3. The molecular weight excluding hydrogens is 379 g/mol. The SMILES string of the molecule is CCC[C@H]1CC[C@H](c2ccc(-c3ccc(CCc4ccc(C)cc4)cc3)c(F)c2)CC1. The lowest BCUT2D eigenvalue weighted by molar-refractivity contribution is 0.308. The Bertz CT molecular complexity index is 960. The van der Waals surface area contributed by atoms with Gasteiger partial charge in [-0.25, -0.2) is 4.39 Å². The van der Waals surface area contributed by atoms with Crippen LogP contribution in [0.3, 0.4) is 0 Å². The number of halogens is 1. The molecule has 0 heterocycles. The van der Waals surface area contributed by atoms with Gasteiger partial charge in [0, 0.05) is 5.56 Å². The highest BCUT2D eigenvalue weighted by atomic mass is 19.1. The summed E-state index contributed by atoms with van der Waals surface area (Å²) >= 11 is 0. The van der Waals surface area contributed by atoms with Crippen molar-refractivity contribution in [2.45, 2.75) is 71.1 Å². The number of rotatable bonds is 7. The monoisotopic (exact) mass is 414 g/mol. The molecule has 0 spiro atoms. The molecule has 0 aliphatic heterocycles. The molecule has 4 rings (SSSR count). The molecule has 0 radical (unpaired) electrons. The first-order valence-corrected chi connectivity index (χ1v) is 12.1. The lowest BCUT2D eigenvalue weighted by atomic mass is 9.77. The standard InChI is InChI=1S/C30H35F/c1-3-4-23-11-15-26(16-12-23)28-19-20-29(30(31)21-28)27-17-13-25(14-18-27)10-9-24-7-5-22(2)6-8-24/h5-8,13-14,17-21,23,26H,3-4,9-12,15-16H2,1-2H3/t23-,26-. The van der Waals surface area contributed by atoms with Crippen LogP contribution < -0.4 is 0 Å². The van der Waals surface area contributed by atoms with Gasteiger partial charge in [-0.15, -0.1) is 0 Å². The fourth-order valence-electron chi connectivity index (χ4n) is 5.11. The van der Waals surface area contributed by atoms with Crippen LogP contribution in [-0.2, 0) is 12.8 Å². The molecule has 0 atom stereocenters. The largest absolute Gasteiger partial charge is 0.206 e. The second kappa shape index (κ2) is 10.3. The zero-order valence-corrected chi connectivity index (χ0v) is 19.0. The minimum Gasteiger partial charge on any atom is -0.206 e. The van der Waals surface area contributed by atoms with Crippen LogP contribution in [-0.4, -0.2) is 0 Å². The highest BCUT2D eigenvalue weighted by Crippen LogP contribution is 2.38. The predicted octanol–water partition coefficient (Wildman–Crippen LogP) is 8.66. The summed E-state index contributed by atoms with van der Waals surface area (Å²) in [5.41, 5.74) is 6.82. The van der Waals surface area contributed by atoms with E-state index in [9.17, 15) is 4.39 Å². The van der Waals surface area contributed by atoms with Gasteiger partial charge >= 0.3 is 0 Å². The average molecular weight is 415 g/mol. The van der Waals surface area contributed by atoms with Crippen LogP contribution >= 0.6 is 0 Å². The Labute approximate surface area is 187 Å². The van der Waals surface area contributed by atoms with E-state index in [-0.39, 0.29) is 5.82 Å². The van der Waals surface area contributed by atoms with Crippen LogP contribution in [0, 0.1) is 18.7 Å². The normalized spacial score (nSPS) is 18.8. The first kappa shape index (κ1) is 21.8. The van der Waals surface area contributed by atoms with Crippen molar-refractivity contribution in [2.24, 2.45) is 5.92 Å². The van der Waals surface area contributed by atoms with Crippen molar-refractivity contribution < 1.29 is 4.39 Å². The summed E-state index contributed by atoms with van der Waals surface area (Å²) in [7, 11) is 0. The molecule has 0 N–H and O–H groups in total. The second-order valence-electron chi connectivity index (χ2n) is 9.43. The summed E-state index contributed by atoms with van der Waals surface area (Å²) < 4.78 is 15.0. The maximum Gasteiger partial charge on any atom is 0.131 e. The van der Waals surface area contributed by atoms with E-state index in [1.54, 1.807) is 6.07 Å². The van der Waals surface area contributed by atoms with Gasteiger partial charge in [-0.05, 0) is 85.6 Å². The van der Waals surface area contributed by atoms with E-state index in [4.69, 9.17) is 0 Å². The summed E-state index contributed by atoms with van der Waals surface area (Å²) in [5.74, 6) is 1.33. The highest BCUT2D eigenvalue weighted by Gasteiger charge is 2.22. The lowest BCUT2D eigenvalue weighted by Crippen LogP contribution is -2.13. The molecule has 0 aromatic heterocycles. The van der Waals surface area contributed by atoms with Crippen molar-refractivity contribution in [1.29, 1.82) is 0 Å². The summed E-state index contributed by atoms with van der Waals surface area (Å²) in [4.78, 5) is 0. The third kappa shape index (κ3) is 5.64. The van der Waals surface area contributed by atoms with Gasteiger partial charge < -0.3 is 0 Å². The maximum atomic E-state index is 15.0. The first-order valence-electron chi connectivity index (χ1n) is 12.1. The van der Waals surface area contributed by atoms with Crippen LogP contribution in [0.25, 0.3) is 11.1 Å². The molecule has 162 valence electrons. The van der Waals surface area contributed by atoms with Gasteiger partial charge in [-0.3, -0.25) is 0 Å². The smallest absolute Gasteiger partial charge is 0.131 e. The minimum absolute atomic E-state index is 0.0828. The number of hydrogen-bond acceptors (Lipinski definition) is 0. The topological polar surface area (TPSA) is 0 Å². The average Bonchev–Trinajstić information content (AvgIpc) is 2.80. The first-order chi connectivity index (χ1) is 15.1. The van der Waals surface area contributed by atoms with Crippen molar-refractivity contribution in [1.82, 2.24) is 0 Å². The van der Waals surface area contributed by atoms with E-state index in [1.807, 2.05) is 6.07 Å². The Hall–Kier alpha value is -2.41. The molecule has 0 unspecified atom stereocenters. The molecule has 0 bridgehead atoms. The molecule has 31 heavy (non-hydrogen) atoms. The predicted molar refractivity (Wildman–Crippen MR) is 130 cm³/mol. The summed E-state index contributed by atoms with van der Waals surface area (Å²) in [5, 5.41) is 0. The minimum atomic E-state index is -0.0828. The van der Waals surface area contributed by atoms with Crippen LogP contribution in [0.15, 0.2) is 66.7 Å². The van der Waals surface area contributed by atoms with Crippen molar-refractivity contribution in [3.8, 4) is 11.1 Å². The van der Waals surface area contributed by atoms with Gasteiger partial charge in [-0.1, -0.05) is 86.0 Å². The van der Waals surface area contributed by atoms with Gasteiger partial charge in [0.15, 0.2) is 0 Å². The van der Waals surface area contributed by atoms with Gasteiger partial charge in [0.1, 0.15) is 5.82 Å². The lowest BCUT2D eigenvalue weighted by Gasteiger charge is -2.28.